The van der Waals surface area contributed by atoms with Gasteiger partial charge in [-0.2, -0.15) is 13.2 Å². The molecule has 3 rings (SSSR count). The monoisotopic (exact) mass is 490 g/mol. The number of ether oxygens (including phenoxy) is 1. The average molecular weight is 491 g/mol. The SMILES string of the molecule is COCCCNC(=O)C1CCN(C(=O)C2CCN(c3ncc(C(F)(F)F)cc3Cl)CC2)CC1. The van der Waals surface area contributed by atoms with Crippen LogP contribution in [-0.2, 0) is 20.5 Å². The number of amides is 2. The molecule has 1 aromatic heterocycles. The molecule has 7 nitrogen and oxygen atoms in total. The van der Waals surface area contributed by atoms with Crippen LogP contribution in [0.3, 0.4) is 0 Å². The van der Waals surface area contributed by atoms with Crippen molar-refractivity contribution in [3.8, 4) is 0 Å². The summed E-state index contributed by atoms with van der Waals surface area (Å²) in [6, 6.07) is 0.888. The van der Waals surface area contributed by atoms with Crippen molar-refractivity contribution in [1.82, 2.24) is 15.2 Å². The Morgan fingerprint density at radius 1 is 1.15 bits per heavy atom. The van der Waals surface area contributed by atoms with Gasteiger partial charge < -0.3 is 19.9 Å². The first-order valence-corrected chi connectivity index (χ1v) is 11.6. The molecule has 0 saturated carbocycles. The second kappa shape index (κ2) is 11.4. The maximum Gasteiger partial charge on any atom is 0.417 e. The number of rotatable bonds is 7. The third kappa shape index (κ3) is 6.72. The van der Waals surface area contributed by atoms with E-state index in [1.54, 1.807) is 7.11 Å². The minimum absolute atomic E-state index is 0.0347. The fraction of sp³-hybridized carbons (Fsp3) is 0.682. The summed E-state index contributed by atoms with van der Waals surface area (Å²) in [6.07, 6.45) is -0.484. The fourth-order valence-corrected chi connectivity index (χ4v) is 4.64. The second-order valence-corrected chi connectivity index (χ2v) is 8.93. The van der Waals surface area contributed by atoms with Crippen molar-refractivity contribution in [2.75, 3.05) is 51.3 Å². The molecule has 11 heteroatoms. The molecule has 2 fully saturated rings. The van der Waals surface area contributed by atoms with Crippen LogP contribution in [0, 0.1) is 11.8 Å². The predicted molar refractivity (Wildman–Crippen MR) is 118 cm³/mol. The highest BCUT2D eigenvalue weighted by Crippen LogP contribution is 2.35. The van der Waals surface area contributed by atoms with Gasteiger partial charge in [-0.1, -0.05) is 11.6 Å². The third-order valence-electron chi connectivity index (χ3n) is 6.29. The lowest BCUT2D eigenvalue weighted by molar-refractivity contribution is -0.139. The highest BCUT2D eigenvalue weighted by atomic mass is 35.5. The minimum Gasteiger partial charge on any atom is -0.385 e. The number of nitrogens with zero attached hydrogens (tertiary/aromatic N) is 3. The topological polar surface area (TPSA) is 74.8 Å². The molecule has 2 aliphatic rings. The number of nitrogens with one attached hydrogen (secondary N) is 1. The van der Waals surface area contributed by atoms with Gasteiger partial charge in [0.25, 0.3) is 0 Å². The summed E-state index contributed by atoms with van der Waals surface area (Å²) in [5.74, 6) is 0.209. The van der Waals surface area contributed by atoms with Gasteiger partial charge in [-0.05, 0) is 38.2 Å². The number of likely N-dealkylation sites (tertiary alicyclic amines) is 1. The summed E-state index contributed by atoms with van der Waals surface area (Å²) in [6.45, 7) is 3.29. The van der Waals surface area contributed by atoms with Crippen LogP contribution >= 0.6 is 11.6 Å². The van der Waals surface area contributed by atoms with Gasteiger partial charge in [-0.15, -0.1) is 0 Å². The molecule has 184 valence electrons. The van der Waals surface area contributed by atoms with Crippen molar-refractivity contribution in [1.29, 1.82) is 0 Å². The van der Waals surface area contributed by atoms with Gasteiger partial charge in [-0.3, -0.25) is 9.59 Å². The first kappa shape index (κ1) is 25.6. The standard InChI is InChI=1S/C22H30ClF3N4O3/c1-33-12-2-7-27-20(31)15-3-10-30(11-4-15)21(32)16-5-8-29(9-6-16)19-18(23)13-17(14-28-19)22(24,25)26/h13-16H,2-12H2,1H3,(H,27,31). The molecule has 0 atom stereocenters. The number of hydrogen-bond acceptors (Lipinski definition) is 5. The Balaban J connectivity index is 1.45. The van der Waals surface area contributed by atoms with Crippen LogP contribution in [0.5, 0.6) is 0 Å². The Hall–Kier alpha value is -2.07. The lowest BCUT2D eigenvalue weighted by atomic mass is 9.91. The van der Waals surface area contributed by atoms with Gasteiger partial charge in [0, 0.05) is 64.5 Å². The number of alkyl halides is 3. The minimum atomic E-state index is -4.49. The van der Waals surface area contributed by atoms with Gasteiger partial charge in [0.1, 0.15) is 5.82 Å². The summed E-state index contributed by atoms with van der Waals surface area (Å²) in [5, 5.41) is 2.88. The maximum absolute atomic E-state index is 13.0. The Morgan fingerprint density at radius 3 is 2.36 bits per heavy atom. The van der Waals surface area contributed by atoms with Gasteiger partial charge in [-0.25, -0.2) is 4.98 Å². The Labute approximate surface area is 196 Å². The molecule has 0 spiro atoms. The zero-order chi connectivity index (χ0) is 24.0. The van der Waals surface area contributed by atoms with Crippen molar-refractivity contribution in [2.24, 2.45) is 11.8 Å². The molecule has 0 aromatic carbocycles. The molecule has 2 aliphatic heterocycles. The molecule has 1 N–H and O–H groups in total. The number of piperidine rings is 2. The lowest BCUT2D eigenvalue weighted by Crippen LogP contribution is -2.47. The van der Waals surface area contributed by atoms with Crippen LogP contribution < -0.4 is 10.2 Å². The van der Waals surface area contributed by atoms with Crippen LogP contribution in [0.25, 0.3) is 0 Å². The number of anilines is 1. The first-order valence-electron chi connectivity index (χ1n) is 11.2. The van der Waals surface area contributed by atoms with E-state index in [1.165, 1.54) is 0 Å². The van der Waals surface area contributed by atoms with E-state index in [-0.39, 0.29) is 28.7 Å². The van der Waals surface area contributed by atoms with E-state index in [0.717, 1.165) is 18.7 Å². The average Bonchev–Trinajstić information content (AvgIpc) is 2.81. The summed E-state index contributed by atoms with van der Waals surface area (Å²) in [5.41, 5.74) is -0.881. The lowest BCUT2D eigenvalue weighted by Gasteiger charge is -2.37. The summed E-state index contributed by atoms with van der Waals surface area (Å²) < 4.78 is 43.5. The van der Waals surface area contributed by atoms with Crippen LogP contribution in [-0.4, -0.2) is 68.1 Å². The fourth-order valence-electron chi connectivity index (χ4n) is 4.35. The van der Waals surface area contributed by atoms with Crippen LogP contribution in [0.15, 0.2) is 12.3 Å². The second-order valence-electron chi connectivity index (χ2n) is 8.53. The summed E-state index contributed by atoms with van der Waals surface area (Å²) in [4.78, 5) is 32.8. The van der Waals surface area contributed by atoms with Crippen LogP contribution in [0.4, 0.5) is 19.0 Å². The molecule has 0 bridgehead atoms. The summed E-state index contributed by atoms with van der Waals surface area (Å²) in [7, 11) is 1.62. The quantitative estimate of drug-likeness (QED) is 0.593. The number of carbonyl (C=O) groups is 2. The Bertz CT molecular complexity index is 824. The third-order valence-corrected chi connectivity index (χ3v) is 6.57. The Morgan fingerprint density at radius 2 is 1.79 bits per heavy atom. The normalized spacial score (nSPS) is 18.5. The smallest absolute Gasteiger partial charge is 0.385 e. The number of halogens is 4. The van der Waals surface area contributed by atoms with Crippen molar-refractivity contribution < 1.29 is 27.5 Å². The van der Waals surface area contributed by atoms with E-state index in [4.69, 9.17) is 16.3 Å². The van der Waals surface area contributed by atoms with Crippen molar-refractivity contribution >= 4 is 29.2 Å². The van der Waals surface area contributed by atoms with E-state index in [1.807, 2.05) is 9.80 Å². The maximum atomic E-state index is 13.0. The number of carbonyl (C=O) groups excluding carboxylic acids is 2. The number of aromatic nitrogens is 1. The first-order chi connectivity index (χ1) is 15.7. The number of methoxy groups -OCH3 is 1. The van der Waals surface area contributed by atoms with E-state index in [2.05, 4.69) is 10.3 Å². The molecular formula is C22H30ClF3N4O3. The van der Waals surface area contributed by atoms with Gasteiger partial charge in [0.05, 0.1) is 10.6 Å². The van der Waals surface area contributed by atoms with Gasteiger partial charge >= 0.3 is 6.18 Å². The largest absolute Gasteiger partial charge is 0.417 e. The van der Waals surface area contributed by atoms with Crippen molar-refractivity contribution in [2.45, 2.75) is 38.3 Å². The molecule has 2 saturated heterocycles. The highest BCUT2D eigenvalue weighted by Gasteiger charge is 2.35. The van der Waals surface area contributed by atoms with Gasteiger partial charge in [0.2, 0.25) is 11.8 Å². The highest BCUT2D eigenvalue weighted by molar-refractivity contribution is 6.33. The zero-order valence-electron chi connectivity index (χ0n) is 18.7. The van der Waals surface area contributed by atoms with E-state index in [9.17, 15) is 22.8 Å². The van der Waals surface area contributed by atoms with Crippen molar-refractivity contribution in [3.05, 3.63) is 22.8 Å². The zero-order valence-corrected chi connectivity index (χ0v) is 19.4. The molecule has 33 heavy (non-hydrogen) atoms. The molecule has 3 heterocycles. The van der Waals surface area contributed by atoms with E-state index >= 15 is 0 Å². The molecule has 1 aromatic rings. The molecule has 0 unspecified atom stereocenters. The van der Waals surface area contributed by atoms with E-state index < -0.39 is 11.7 Å². The Kier molecular flexibility index (Phi) is 8.81. The predicted octanol–water partition coefficient (Wildman–Crippen LogP) is 3.36. The van der Waals surface area contributed by atoms with E-state index in [0.29, 0.717) is 70.8 Å². The van der Waals surface area contributed by atoms with Crippen LogP contribution in [0.1, 0.15) is 37.7 Å². The van der Waals surface area contributed by atoms with Crippen LogP contribution in [0.2, 0.25) is 5.02 Å². The van der Waals surface area contributed by atoms with Gasteiger partial charge in [0.15, 0.2) is 0 Å². The van der Waals surface area contributed by atoms with Crippen molar-refractivity contribution in [3.63, 3.8) is 0 Å². The summed E-state index contributed by atoms with van der Waals surface area (Å²) >= 11 is 6.06. The number of hydrogen-bond donors (Lipinski definition) is 1. The molecule has 0 radical (unpaired) electrons. The molecule has 2 amide bonds. The number of pyridine rings is 1. The molecule has 0 aliphatic carbocycles. The molecular weight excluding hydrogens is 461 g/mol.